The number of hydrogen-bond acceptors (Lipinski definition) is 6. The second kappa shape index (κ2) is 7.32. The Labute approximate surface area is 167 Å². The third kappa shape index (κ3) is 3.07. The van der Waals surface area contributed by atoms with Crippen LogP contribution in [0.15, 0.2) is 47.1 Å². The molecule has 28 heavy (non-hydrogen) atoms. The van der Waals surface area contributed by atoms with Gasteiger partial charge in [0, 0.05) is 5.56 Å². The lowest BCUT2D eigenvalue weighted by Gasteiger charge is -2.32. The highest BCUT2D eigenvalue weighted by Crippen LogP contribution is 2.35. The maximum atomic E-state index is 9.90. The second-order valence-corrected chi connectivity index (χ2v) is 7.07. The molecule has 7 heteroatoms. The minimum absolute atomic E-state index is 0.348. The fraction of sp³-hybridized carbons (Fsp3) is 0.190. The first-order chi connectivity index (χ1) is 13.6. The van der Waals surface area contributed by atoms with E-state index in [1.807, 2.05) is 47.9 Å². The van der Waals surface area contributed by atoms with E-state index in [9.17, 15) is 10.5 Å². The van der Waals surface area contributed by atoms with Gasteiger partial charge in [-0.1, -0.05) is 42.0 Å². The topological polar surface area (TPSA) is 80.9 Å². The van der Waals surface area contributed by atoms with Crippen LogP contribution in [-0.4, -0.2) is 16.1 Å². The molecule has 0 unspecified atom stereocenters. The van der Waals surface area contributed by atoms with Gasteiger partial charge in [-0.05, 0) is 24.6 Å². The predicted octanol–water partition coefficient (Wildman–Crippen LogP) is 4.37. The number of nitrogens with zero attached hydrogens (tertiary/aromatic N) is 4. The van der Waals surface area contributed by atoms with Crippen molar-refractivity contribution in [2.45, 2.75) is 20.1 Å². The molecular weight excluding hydrogens is 370 g/mol. The van der Waals surface area contributed by atoms with Crippen LogP contribution in [0.3, 0.4) is 0 Å². The molecule has 1 aliphatic heterocycles. The summed E-state index contributed by atoms with van der Waals surface area (Å²) >= 11 is 5.64. The van der Waals surface area contributed by atoms with Crippen molar-refractivity contribution in [2.24, 2.45) is 0 Å². The van der Waals surface area contributed by atoms with Crippen LogP contribution < -0.4 is 5.32 Å². The number of anilines is 1. The number of nitrogens with one attached hydrogen (secondary N) is 1. The maximum absolute atomic E-state index is 9.90. The summed E-state index contributed by atoms with van der Waals surface area (Å²) in [4.78, 5) is 2.09. The predicted molar refractivity (Wildman–Crippen MR) is 108 cm³/mol. The van der Waals surface area contributed by atoms with Gasteiger partial charge in [-0.25, -0.2) is 0 Å². The Kier molecular flexibility index (Phi) is 4.70. The summed E-state index contributed by atoms with van der Waals surface area (Å²) in [5.74, 6) is 1.49. The van der Waals surface area contributed by atoms with Gasteiger partial charge in [-0.3, -0.25) is 4.90 Å². The zero-order valence-corrected chi connectivity index (χ0v) is 16.1. The Bertz CT molecular complexity index is 1160. The monoisotopic (exact) mass is 387 g/mol. The van der Waals surface area contributed by atoms with Crippen LogP contribution in [0.25, 0.3) is 11.1 Å². The van der Waals surface area contributed by atoms with Crippen LogP contribution in [0.1, 0.15) is 22.5 Å². The molecule has 2 aromatic heterocycles. The van der Waals surface area contributed by atoms with E-state index in [1.165, 1.54) is 0 Å². The van der Waals surface area contributed by atoms with Crippen molar-refractivity contribution in [3.63, 3.8) is 0 Å². The van der Waals surface area contributed by atoms with Crippen LogP contribution in [0.2, 0.25) is 0 Å². The SMILES string of the molecule is Cc1ccc(-c2c(C#N)c3n(c(=S)c2C#N)CN(Cc2ccco2)CN3)cc1. The van der Waals surface area contributed by atoms with Crippen molar-refractivity contribution in [1.82, 2.24) is 9.47 Å². The maximum Gasteiger partial charge on any atom is 0.128 e. The molecule has 3 heterocycles. The molecule has 3 aromatic rings. The van der Waals surface area contributed by atoms with Crippen molar-refractivity contribution in [1.29, 1.82) is 10.5 Å². The molecule has 1 aromatic carbocycles. The molecule has 6 nitrogen and oxygen atoms in total. The van der Waals surface area contributed by atoms with Gasteiger partial charge >= 0.3 is 0 Å². The number of nitriles is 2. The first kappa shape index (κ1) is 18.0. The lowest BCUT2D eigenvalue weighted by Crippen LogP contribution is -2.38. The number of hydrogen-bond donors (Lipinski definition) is 1. The smallest absolute Gasteiger partial charge is 0.128 e. The zero-order valence-electron chi connectivity index (χ0n) is 15.3. The Morgan fingerprint density at radius 1 is 1.14 bits per heavy atom. The summed E-state index contributed by atoms with van der Waals surface area (Å²) in [6.45, 7) is 3.62. The highest BCUT2D eigenvalue weighted by molar-refractivity contribution is 7.71. The summed E-state index contributed by atoms with van der Waals surface area (Å²) in [5, 5.41) is 23.0. The molecule has 0 amide bonds. The van der Waals surface area contributed by atoms with Gasteiger partial charge in [0.2, 0.25) is 0 Å². The molecule has 0 saturated carbocycles. The average Bonchev–Trinajstić information content (AvgIpc) is 3.22. The van der Waals surface area contributed by atoms with Crippen molar-refractivity contribution in [2.75, 3.05) is 12.0 Å². The molecule has 0 spiro atoms. The molecule has 0 aliphatic carbocycles. The molecule has 0 radical (unpaired) electrons. The first-order valence-corrected chi connectivity index (χ1v) is 9.20. The van der Waals surface area contributed by atoms with Crippen molar-refractivity contribution in [3.8, 4) is 23.3 Å². The minimum Gasteiger partial charge on any atom is -0.468 e. The zero-order chi connectivity index (χ0) is 19.7. The summed E-state index contributed by atoms with van der Waals surface area (Å²) in [6, 6.07) is 16.0. The second-order valence-electron chi connectivity index (χ2n) is 6.68. The number of aromatic nitrogens is 1. The normalized spacial score (nSPS) is 13.2. The molecule has 0 atom stereocenters. The summed E-state index contributed by atoms with van der Waals surface area (Å²) < 4.78 is 7.66. The Balaban J connectivity index is 1.84. The average molecular weight is 387 g/mol. The highest BCUT2D eigenvalue weighted by atomic mass is 32.1. The van der Waals surface area contributed by atoms with Gasteiger partial charge < -0.3 is 14.3 Å². The van der Waals surface area contributed by atoms with Crippen LogP contribution in [0.5, 0.6) is 0 Å². The molecule has 0 saturated heterocycles. The van der Waals surface area contributed by atoms with Crippen LogP contribution in [-0.2, 0) is 13.2 Å². The molecule has 1 aliphatic rings. The Morgan fingerprint density at radius 3 is 2.54 bits per heavy atom. The Morgan fingerprint density at radius 2 is 1.89 bits per heavy atom. The Hall–Kier alpha value is -3.39. The van der Waals surface area contributed by atoms with Crippen LogP contribution in [0, 0.1) is 34.2 Å². The molecule has 0 bridgehead atoms. The van der Waals surface area contributed by atoms with E-state index in [0.29, 0.717) is 47.0 Å². The van der Waals surface area contributed by atoms with Gasteiger partial charge in [0.1, 0.15) is 33.9 Å². The van der Waals surface area contributed by atoms with Crippen molar-refractivity contribution >= 4 is 18.0 Å². The van der Waals surface area contributed by atoms with Gasteiger partial charge in [0.25, 0.3) is 0 Å². The standard InChI is InChI=1S/C21H17N5OS/c1-14-4-6-15(7-5-14)19-17(9-22)20-24-12-25(11-16-3-2-8-27-16)13-26(20)21(28)18(19)10-23/h2-8,24H,11-13H2,1H3. The largest absolute Gasteiger partial charge is 0.468 e. The van der Waals surface area contributed by atoms with Gasteiger partial charge in [-0.2, -0.15) is 10.5 Å². The van der Waals surface area contributed by atoms with E-state index in [0.717, 1.165) is 16.9 Å². The van der Waals surface area contributed by atoms with E-state index in [-0.39, 0.29) is 0 Å². The number of rotatable bonds is 3. The third-order valence-electron chi connectivity index (χ3n) is 4.80. The number of fused-ring (bicyclic) bond motifs is 1. The van der Waals surface area contributed by atoms with Crippen LogP contribution >= 0.6 is 12.2 Å². The quantitative estimate of drug-likeness (QED) is 0.672. The number of pyridine rings is 1. The van der Waals surface area contributed by atoms with Crippen LogP contribution in [0.4, 0.5) is 5.82 Å². The third-order valence-corrected chi connectivity index (χ3v) is 5.23. The number of furan rings is 1. The molecular formula is C21H17N5OS. The first-order valence-electron chi connectivity index (χ1n) is 8.79. The van der Waals surface area contributed by atoms with E-state index >= 15 is 0 Å². The van der Waals surface area contributed by atoms with E-state index < -0.39 is 0 Å². The molecule has 0 fully saturated rings. The van der Waals surface area contributed by atoms with Gasteiger partial charge in [0.15, 0.2) is 0 Å². The molecule has 4 rings (SSSR count). The lowest BCUT2D eigenvalue weighted by molar-refractivity contribution is 0.193. The fourth-order valence-corrected chi connectivity index (χ4v) is 3.72. The van der Waals surface area contributed by atoms with Crippen molar-refractivity contribution < 1.29 is 4.42 Å². The summed E-state index contributed by atoms with van der Waals surface area (Å²) in [6.07, 6.45) is 1.64. The van der Waals surface area contributed by atoms with Gasteiger partial charge in [0.05, 0.1) is 31.7 Å². The minimum atomic E-state index is 0.348. The lowest BCUT2D eigenvalue weighted by atomic mass is 9.95. The fourth-order valence-electron chi connectivity index (χ4n) is 3.43. The van der Waals surface area contributed by atoms with E-state index in [4.69, 9.17) is 16.6 Å². The summed E-state index contributed by atoms with van der Waals surface area (Å²) in [5.41, 5.74) is 3.30. The molecule has 1 N–H and O–H groups in total. The molecule has 138 valence electrons. The van der Waals surface area contributed by atoms with Gasteiger partial charge in [-0.15, -0.1) is 0 Å². The van der Waals surface area contributed by atoms with E-state index in [1.54, 1.807) is 6.26 Å². The number of benzene rings is 1. The van der Waals surface area contributed by atoms with E-state index in [2.05, 4.69) is 22.4 Å². The van der Waals surface area contributed by atoms with Crippen molar-refractivity contribution in [3.05, 3.63) is 69.8 Å². The summed E-state index contributed by atoms with van der Waals surface area (Å²) in [7, 11) is 0. The highest BCUT2D eigenvalue weighted by Gasteiger charge is 2.25. The number of aryl methyl sites for hydroxylation is 1.